The van der Waals surface area contributed by atoms with E-state index < -0.39 is 41.1 Å². The second-order valence-electron chi connectivity index (χ2n) is 6.69. The maximum absolute atomic E-state index is 12.6. The van der Waals surface area contributed by atoms with Crippen molar-refractivity contribution in [2.24, 2.45) is 11.8 Å². The van der Waals surface area contributed by atoms with Crippen molar-refractivity contribution in [3.8, 4) is 11.5 Å². The maximum Gasteiger partial charge on any atom is 0.316 e. The summed E-state index contributed by atoms with van der Waals surface area (Å²) in [6.45, 7) is 3.37. The average molecular weight is 380 g/mol. The van der Waals surface area contributed by atoms with Crippen LogP contribution < -0.4 is 4.74 Å². The van der Waals surface area contributed by atoms with E-state index in [9.17, 15) is 24.6 Å². The number of hydrogen-bond acceptors (Lipinski definition) is 8. The number of aromatic hydroxyl groups is 1. The van der Waals surface area contributed by atoms with Gasteiger partial charge in [-0.25, -0.2) is 0 Å². The van der Waals surface area contributed by atoms with Crippen LogP contribution in [0.4, 0.5) is 0 Å². The zero-order valence-electron chi connectivity index (χ0n) is 15.7. The first kappa shape index (κ1) is 20.7. The molecule has 0 radical (unpaired) electrons. The highest BCUT2D eigenvalue weighted by atomic mass is 16.5. The van der Waals surface area contributed by atoms with Gasteiger partial charge < -0.3 is 24.4 Å². The molecule has 0 bridgehead atoms. The van der Waals surface area contributed by atoms with Crippen LogP contribution in [0.15, 0.2) is 18.2 Å². The largest absolute Gasteiger partial charge is 0.504 e. The first-order valence-electron chi connectivity index (χ1n) is 8.54. The van der Waals surface area contributed by atoms with Gasteiger partial charge in [-0.2, -0.15) is 0 Å². The van der Waals surface area contributed by atoms with Crippen molar-refractivity contribution >= 4 is 17.7 Å². The standard InChI is InChI=1S/C19H24O8/c1-5-27-13-8-10(6-7-11(13)20)14-15(17(22)25-3)12(21)9-19(2,24)16(14)18(23)26-4/h6-8,14-16,20,24H,5,9H2,1-4H3/t14-,15-,16+,19-/m1/s1. The zero-order chi connectivity index (χ0) is 20.4. The number of ether oxygens (including phenoxy) is 3. The van der Waals surface area contributed by atoms with Crippen molar-refractivity contribution in [2.45, 2.75) is 31.8 Å². The van der Waals surface area contributed by atoms with Gasteiger partial charge in [0.1, 0.15) is 5.92 Å². The van der Waals surface area contributed by atoms with Crippen molar-refractivity contribution in [1.29, 1.82) is 0 Å². The minimum absolute atomic E-state index is 0.126. The molecule has 1 aromatic rings. The number of benzene rings is 1. The van der Waals surface area contributed by atoms with Crippen LogP contribution in [0, 0.1) is 11.8 Å². The number of carbonyl (C=O) groups excluding carboxylic acids is 3. The summed E-state index contributed by atoms with van der Waals surface area (Å²) in [4.78, 5) is 37.5. The summed E-state index contributed by atoms with van der Waals surface area (Å²) in [5, 5.41) is 20.7. The molecule has 27 heavy (non-hydrogen) atoms. The molecule has 1 aliphatic carbocycles. The highest BCUT2D eigenvalue weighted by Gasteiger charge is 2.57. The van der Waals surface area contributed by atoms with E-state index in [4.69, 9.17) is 14.2 Å². The van der Waals surface area contributed by atoms with Crippen LogP contribution in [0.3, 0.4) is 0 Å². The number of esters is 2. The summed E-state index contributed by atoms with van der Waals surface area (Å²) in [7, 11) is 2.32. The molecule has 1 aromatic carbocycles. The summed E-state index contributed by atoms with van der Waals surface area (Å²) in [6.07, 6.45) is -0.389. The lowest BCUT2D eigenvalue weighted by molar-refractivity contribution is -0.170. The summed E-state index contributed by atoms with van der Waals surface area (Å²) < 4.78 is 15.0. The van der Waals surface area contributed by atoms with E-state index in [-0.39, 0.29) is 24.5 Å². The van der Waals surface area contributed by atoms with Crippen molar-refractivity contribution < 1.29 is 38.8 Å². The Morgan fingerprint density at radius 2 is 1.85 bits per heavy atom. The number of aliphatic hydroxyl groups is 1. The van der Waals surface area contributed by atoms with Crippen LogP contribution in [-0.2, 0) is 23.9 Å². The smallest absolute Gasteiger partial charge is 0.316 e. The van der Waals surface area contributed by atoms with Gasteiger partial charge in [-0.15, -0.1) is 0 Å². The predicted octanol–water partition coefficient (Wildman–Crippen LogP) is 1.18. The highest BCUT2D eigenvalue weighted by Crippen LogP contribution is 2.47. The molecule has 8 heteroatoms. The Labute approximate surface area is 157 Å². The molecular weight excluding hydrogens is 356 g/mol. The number of hydrogen-bond donors (Lipinski definition) is 2. The number of Topliss-reactive ketones (excluding diaryl/α,β-unsaturated/α-hetero) is 1. The van der Waals surface area contributed by atoms with Crippen LogP contribution in [0.25, 0.3) is 0 Å². The van der Waals surface area contributed by atoms with Crippen LogP contribution in [-0.4, -0.2) is 54.4 Å². The number of phenolic OH excluding ortho intramolecular Hbond substituents is 1. The van der Waals surface area contributed by atoms with Crippen LogP contribution in [0.2, 0.25) is 0 Å². The first-order chi connectivity index (χ1) is 12.7. The van der Waals surface area contributed by atoms with Crippen molar-refractivity contribution in [2.75, 3.05) is 20.8 Å². The fourth-order valence-corrected chi connectivity index (χ4v) is 3.68. The maximum atomic E-state index is 12.6. The Balaban J connectivity index is 2.67. The Kier molecular flexibility index (Phi) is 6.10. The molecule has 4 atom stereocenters. The summed E-state index contributed by atoms with van der Waals surface area (Å²) in [5.41, 5.74) is -1.35. The van der Waals surface area contributed by atoms with Gasteiger partial charge in [-0.1, -0.05) is 6.07 Å². The number of rotatable bonds is 5. The quantitative estimate of drug-likeness (QED) is 0.577. The second-order valence-corrected chi connectivity index (χ2v) is 6.69. The molecule has 2 N–H and O–H groups in total. The van der Waals surface area contributed by atoms with Gasteiger partial charge in [0.05, 0.1) is 32.3 Å². The first-order valence-corrected chi connectivity index (χ1v) is 8.54. The third-order valence-electron chi connectivity index (χ3n) is 4.85. The summed E-state index contributed by atoms with van der Waals surface area (Å²) in [6, 6.07) is 4.27. The predicted molar refractivity (Wildman–Crippen MR) is 93.3 cm³/mol. The Bertz CT molecular complexity index is 739. The normalized spacial score (nSPS) is 27.7. The van der Waals surface area contributed by atoms with Crippen LogP contribution >= 0.6 is 0 Å². The van der Waals surface area contributed by atoms with E-state index in [0.717, 1.165) is 7.11 Å². The molecule has 0 saturated heterocycles. The molecule has 1 fully saturated rings. The van der Waals surface area contributed by atoms with Gasteiger partial charge >= 0.3 is 11.9 Å². The van der Waals surface area contributed by atoms with E-state index >= 15 is 0 Å². The zero-order valence-corrected chi connectivity index (χ0v) is 15.7. The van der Waals surface area contributed by atoms with Crippen molar-refractivity contribution in [3.63, 3.8) is 0 Å². The fraction of sp³-hybridized carbons (Fsp3) is 0.526. The third-order valence-corrected chi connectivity index (χ3v) is 4.85. The van der Waals surface area contributed by atoms with Gasteiger partial charge in [0, 0.05) is 12.3 Å². The molecule has 1 saturated carbocycles. The summed E-state index contributed by atoms with van der Waals surface area (Å²) in [5.74, 6) is -5.61. The Hall–Kier alpha value is -2.61. The number of ketones is 1. The van der Waals surface area contributed by atoms with Gasteiger partial charge in [-0.3, -0.25) is 14.4 Å². The lowest BCUT2D eigenvalue weighted by Crippen LogP contribution is -2.55. The van der Waals surface area contributed by atoms with E-state index in [2.05, 4.69) is 0 Å². The summed E-state index contributed by atoms with van der Waals surface area (Å²) >= 11 is 0. The van der Waals surface area contributed by atoms with Gasteiger partial charge in [0.2, 0.25) is 0 Å². The molecule has 8 nitrogen and oxygen atoms in total. The molecule has 2 rings (SSSR count). The monoisotopic (exact) mass is 380 g/mol. The van der Waals surface area contributed by atoms with Crippen molar-refractivity contribution in [1.82, 2.24) is 0 Å². The second kappa shape index (κ2) is 7.96. The Morgan fingerprint density at radius 3 is 2.41 bits per heavy atom. The van der Waals surface area contributed by atoms with E-state index in [1.54, 1.807) is 6.92 Å². The lowest BCUT2D eigenvalue weighted by atomic mass is 9.61. The minimum atomic E-state index is -1.72. The highest BCUT2D eigenvalue weighted by molar-refractivity contribution is 6.02. The number of carbonyl (C=O) groups is 3. The SMILES string of the molecule is CCOc1cc([C@@H]2[C@H](C(=O)OC)C(=O)C[C@@](C)(O)[C@@H]2C(=O)OC)ccc1O. The lowest BCUT2D eigenvalue weighted by Gasteiger charge is -2.43. The molecular formula is C19H24O8. The number of phenols is 1. The van der Waals surface area contributed by atoms with E-state index in [0.29, 0.717) is 5.56 Å². The fourth-order valence-electron chi connectivity index (χ4n) is 3.68. The van der Waals surface area contributed by atoms with E-state index in [1.807, 2.05) is 0 Å². The van der Waals surface area contributed by atoms with Gasteiger partial charge in [0.25, 0.3) is 0 Å². The average Bonchev–Trinajstić information content (AvgIpc) is 2.61. The molecule has 0 aliphatic heterocycles. The van der Waals surface area contributed by atoms with E-state index in [1.165, 1.54) is 32.2 Å². The minimum Gasteiger partial charge on any atom is -0.504 e. The van der Waals surface area contributed by atoms with Gasteiger partial charge in [-0.05, 0) is 31.5 Å². The van der Waals surface area contributed by atoms with Crippen molar-refractivity contribution in [3.05, 3.63) is 23.8 Å². The van der Waals surface area contributed by atoms with Gasteiger partial charge in [0.15, 0.2) is 17.3 Å². The molecule has 0 spiro atoms. The molecule has 1 aliphatic rings. The van der Waals surface area contributed by atoms with Crippen LogP contribution in [0.5, 0.6) is 11.5 Å². The molecule has 148 valence electrons. The number of methoxy groups -OCH3 is 2. The Morgan fingerprint density at radius 1 is 1.22 bits per heavy atom. The van der Waals surface area contributed by atoms with Crippen LogP contribution in [0.1, 0.15) is 31.7 Å². The molecule has 0 aromatic heterocycles. The third kappa shape index (κ3) is 3.90. The molecule has 0 heterocycles. The topological polar surface area (TPSA) is 119 Å². The molecule has 0 amide bonds. The molecule has 0 unspecified atom stereocenters.